The van der Waals surface area contributed by atoms with Gasteiger partial charge in [-0.05, 0) is 35.8 Å². The van der Waals surface area contributed by atoms with Crippen LogP contribution in [0.3, 0.4) is 0 Å². The Hall–Kier alpha value is -3.12. The fraction of sp³-hybridized carbons (Fsp3) is 0.190. The molecule has 3 rings (SSSR count). The van der Waals surface area contributed by atoms with E-state index in [0.717, 1.165) is 5.56 Å². The van der Waals surface area contributed by atoms with E-state index in [4.69, 9.17) is 21.1 Å². The first-order valence-corrected chi connectivity index (χ1v) is 8.86. The molecule has 6 nitrogen and oxygen atoms in total. The number of allylic oxidation sites excluding steroid dienone is 1. The summed E-state index contributed by atoms with van der Waals surface area (Å²) >= 11 is 5.96. The quantitative estimate of drug-likeness (QED) is 0.406. The number of hydrogen-bond donors (Lipinski definition) is 0. The molecule has 7 heteroatoms. The van der Waals surface area contributed by atoms with E-state index in [-0.39, 0.29) is 5.69 Å². The van der Waals surface area contributed by atoms with Crippen LogP contribution in [0.5, 0.6) is 0 Å². The number of nitro groups is 1. The zero-order valence-corrected chi connectivity index (χ0v) is 16.1. The van der Waals surface area contributed by atoms with Gasteiger partial charge in [0.15, 0.2) is 0 Å². The Bertz CT molecular complexity index is 963. The summed E-state index contributed by atoms with van der Waals surface area (Å²) in [6, 6.07) is 13.2. The van der Waals surface area contributed by atoms with E-state index in [1.165, 1.54) is 19.2 Å². The Morgan fingerprint density at radius 3 is 2.32 bits per heavy atom. The monoisotopic (exact) mass is 399 g/mol. The van der Waals surface area contributed by atoms with Gasteiger partial charge in [0.2, 0.25) is 0 Å². The smallest absolute Gasteiger partial charge is 0.337 e. The average molecular weight is 400 g/mol. The van der Waals surface area contributed by atoms with Gasteiger partial charge in [-0.2, -0.15) is 0 Å². The van der Waals surface area contributed by atoms with Gasteiger partial charge in [-0.25, -0.2) is 4.79 Å². The van der Waals surface area contributed by atoms with Gasteiger partial charge in [-0.3, -0.25) is 10.1 Å². The van der Waals surface area contributed by atoms with Crippen molar-refractivity contribution >= 4 is 28.8 Å². The molecule has 0 unspecified atom stereocenters. The van der Waals surface area contributed by atoms with Gasteiger partial charge in [0.1, 0.15) is 11.9 Å². The van der Waals surface area contributed by atoms with Crippen LogP contribution in [0.4, 0.5) is 5.69 Å². The number of nitrogens with zero attached hydrogens (tertiary/aromatic N) is 1. The van der Waals surface area contributed by atoms with Crippen LogP contribution in [0.25, 0.3) is 5.57 Å². The predicted octanol–water partition coefficient (Wildman–Crippen LogP) is 4.89. The maximum Gasteiger partial charge on any atom is 0.337 e. The molecule has 2 atom stereocenters. The van der Waals surface area contributed by atoms with E-state index >= 15 is 0 Å². The molecule has 2 aromatic rings. The maximum absolute atomic E-state index is 12.4. The molecule has 2 aromatic carbocycles. The molecule has 0 saturated heterocycles. The van der Waals surface area contributed by atoms with Crippen LogP contribution in [0.1, 0.15) is 24.0 Å². The fourth-order valence-corrected chi connectivity index (χ4v) is 3.44. The Labute approximate surface area is 167 Å². The third-order valence-electron chi connectivity index (χ3n) is 4.72. The van der Waals surface area contributed by atoms with Gasteiger partial charge in [-0.15, -0.1) is 0 Å². The number of ether oxygens (including phenoxy) is 2. The minimum absolute atomic E-state index is 0.0314. The number of carbonyl (C=O) groups excluding carboxylic acids is 1. The summed E-state index contributed by atoms with van der Waals surface area (Å²) in [7, 11) is 1.30. The van der Waals surface area contributed by atoms with Crippen LogP contribution in [0, 0.1) is 10.1 Å². The molecular formula is C21H18ClNO5. The number of hydrogen-bond acceptors (Lipinski definition) is 5. The lowest BCUT2D eigenvalue weighted by atomic mass is 9.83. The van der Waals surface area contributed by atoms with Gasteiger partial charge in [-0.1, -0.05) is 42.4 Å². The van der Waals surface area contributed by atoms with Gasteiger partial charge >= 0.3 is 5.97 Å². The number of benzene rings is 2. The van der Waals surface area contributed by atoms with Crippen LogP contribution in [-0.4, -0.2) is 24.1 Å². The lowest BCUT2D eigenvalue weighted by molar-refractivity contribution is -0.384. The zero-order chi connectivity index (χ0) is 20.4. The van der Waals surface area contributed by atoms with Crippen molar-refractivity contribution in [3.63, 3.8) is 0 Å². The molecule has 0 saturated carbocycles. The van der Waals surface area contributed by atoms with E-state index in [0.29, 0.717) is 27.5 Å². The topological polar surface area (TPSA) is 78.7 Å². The van der Waals surface area contributed by atoms with Crippen molar-refractivity contribution in [2.24, 2.45) is 0 Å². The van der Waals surface area contributed by atoms with E-state index in [2.05, 4.69) is 6.58 Å². The van der Waals surface area contributed by atoms with Crippen molar-refractivity contribution in [2.75, 3.05) is 7.11 Å². The van der Waals surface area contributed by atoms with E-state index in [1.54, 1.807) is 31.2 Å². The Balaban J connectivity index is 2.04. The molecule has 0 spiro atoms. The molecule has 0 amide bonds. The van der Waals surface area contributed by atoms with Gasteiger partial charge < -0.3 is 9.47 Å². The number of non-ortho nitro benzene ring substituents is 1. The number of rotatable bonds is 5. The summed E-state index contributed by atoms with van der Waals surface area (Å²) in [6.45, 7) is 5.85. The van der Waals surface area contributed by atoms with Crippen molar-refractivity contribution in [3.05, 3.63) is 92.7 Å². The Kier molecular flexibility index (Phi) is 5.51. The molecule has 0 aromatic heterocycles. The maximum atomic E-state index is 12.4. The molecular weight excluding hydrogens is 382 g/mol. The lowest BCUT2D eigenvalue weighted by Gasteiger charge is -2.23. The van der Waals surface area contributed by atoms with Gasteiger partial charge in [0, 0.05) is 17.2 Å². The Morgan fingerprint density at radius 2 is 1.79 bits per heavy atom. The standard InChI is InChI=1S/C21H18ClNO5/c1-12(14-4-8-16(22)9-5-14)20-19(18(13(2)28-20)21(24)27-3)15-6-10-17(11-7-15)23(25)26/h4-11,19-20H,1H2,2-3H3/t19-,20+/m0/s1. The first-order chi connectivity index (χ1) is 13.3. The number of esters is 1. The highest BCUT2D eigenvalue weighted by atomic mass is 35.5. The largest absolute Gasteiger partial charge is 0.489 e. The summed E-state index contributed by atoms with van der Waals surface area (Å²) in [5.74, 6) is -0.570. The first-order valence-electron chi connectivity index (χ1n) is 8.48. The molecule has 0 aliphatic carbocycles. The molecule has 1 heterocycles. The summed E-state index contributed by atoms with van der Waals surface area (Å²) in [6.07, 6.45) is -0.559. The van der Waals surface area contributed by atoms with Crippen molar-refractivity contribution in [1.29, 1.82) is 0 Å². The van der Waals surface area contributed by atoms with Crippen LogP contribution in [0.15, 0.2) is 66.4 Å². The zero-order valence-electron chi connectivity index (χ0n) is 15.3. The van der Waals surface area contributed by atoms with Crippen LogP contribution >= 0.6 is 11.6 Å². The van der Waals surface area contributed by atoms with Crippen LogP contribution in [-0.2, 0) is 14.3 Å². The second-order valence-electron chi connectivity index (χ2n) is 6.36. The first kappa shape index (κ1) is 19.6. The average Bonchev–Trinajstić information content (AvgIpc) is 3.04. The normalized spacial score (nSPS) is 18.5. The molecule has 1 aliphatic rings. The number of halogens is 1. The number of nitro benzene ring substituents is 1. The minimum atomic E-state index is -0.559. The number of methoxy groups -OCH3 is 1. The molecule has 144 valence electrons. The highest BCUT2D eigenvalue weighted by Crippen LogP contribution is 2.44. The highest BCUT2D eigenvalue weighted by molar-refractivity contribution is 6.30. The molecule has 1 aliphatic heterocycles. The van der Waals surface area contributed by atoms with Gasteiger partial charge in [0.25, 0.3) is 5.69 Å². The SMILES string of the molecule is C=C(c1ccc(Cl)cc1)[C@H]1OC(C)=C(C(=O)OC)[C@@H]1c1ccc([N+](=O)[O-])cc1. The summed E-state index contributed by atoms with van der Waals surface area (Å²) < 4.78 is 10.9. The van der Waals surface area contributed by atoms with Crippen LogP contribution in [0.2, 0.25) is 5.02 Å². The molecule has 0 fully saturated rings. The Morgan fingerprint density at radius 1 is 1.18 bits per heavy atom. The van der Waals surface area contributed by atoms with E-state index < -0.39 is 22.9 Å². The molecule has 0 bridgehead atoms. The second kappa shape index (κ2) is 7.86. The van der Waals surface area contributed by atoms with Crippen molar-refractivity contribution in [1.82, 2.24) is 0 Å². The third-order valence-corrected chi connectivity index (χ3v) is 4.98. The van der Waals surface area contributed by atoms with Crippen molar-refractivity contribution in [3.8, 4) is 0 Å². The molecule has 0 radical (unpaired) electrons. The molecule has 28 heavy (non-hydrogen) atoms. The summed E-state index contributed by atoms with van der Waals surface area (Å²) in [4.78, 5) is 22.9. The fourth-order valence-electron chi connectivity index (χ4n) is 3.32. The van der Waals surface area contributed by atoms with Crippen molar-refractivity contribution in [2.45, 2.75) is 18.9 Å². The summed E-state index contributed by atoms with van der Waals surface area (Å²) in [5.41, 5.74) is 2.52. The van der Waals surface area contributed by atoms with Crippen molar-refractivity contribution < 1.29 is 19.2 Å². The lowest BCUT2D eigenvalue weighted by Crippen LogP contribution is -2.22. The van der Waals surface area contributed by atoms with E-state index in [9.17, 15) is 14.9 Å². The highest BCUT2D eigenvalue weighted by Gasteiger charge is 2.42. The van der Waals surface area contributed by atoms with Crippen LogP contribution < -0.4 is 0 Å². The van der Waals surface area contributed by atoms with E-state index in [1.807, 2.05) is 12.1 Å². The predicted molar refractivity (Wildman–Crippen MR) is 106 cm³/mol. The van der Waals surface area contributed by atoms with Gasteiger partial charge in [0.05, 0.1) is 23.5 Å². The second-order valence-corrected chi connectivity index (χ2v) is 6.79. The molecule has 0 N–H and O–H groups in total. The third kappa shape index (κ3) is 3.64. The summed E-state index contributed by atoms with van der Waals surface area (Å²) in [5, 5.41) is 11.6. The number of carbonyl (C=O) groups is 1. The minimum Gasteiger partial charge on any atom is -0.489 e.